The van der Waals surface area contributed by atoms with Gasteiger partial charge in [0.15, 0.2) is 11.5 Å². The number of benzene rings is 2. The zero-order chi connectivity index (χ0) is 22.5. The summed E-state index contributed by atoms with van der Waals surface area (Å²) in [5, 5.41) is 4.38. The molecule has 0 fully saturated rings. The fraction of sp³-hybridized carbons (Fsp3) is 0.190. The topological polar surface area (TPSA) is 99.9 Å². The van der Waals surface area contributed by atoms with Crippen LogP contribution in [0, 0.1) is 6.92 Å². The average Bonchev–Trinajstić information content (AvgIpc) is 3.46. The number of sulfonamides is 1. The Morgan fingerprint density at radius 3 is 2.75 bits per heavy atom. The number of fused-ring (bicyclic) bond motifs is 2. The predicted molar refractivity (Wildman–Crippen MR) is 121 cm³/mol. The molecule has 0 bridgehead atoms. The number of aromatic nitrogens is 1. The Morgan fingerprint density at radius 2 is 2.00 bits per heavy atom. The van der Waals surface area contributed by atoms with E-state index >= 15 is 0 Å². The van der Waals surface area contributed by atoms with Crippen LogP contribution in [0.1, 0.15) is 16.1 Å². The maximum atomic E-state index is 13.5. The summed E-state index contributed by atoms with van der Waals surface area (Å²) in [4.78, 5) is 0.783. The molecule has 4 aromatic rings. The average molecular weight is 493 g/mol. The minimum Gasteiger partial charge on any atom is -0.497 e. The van der Waals surface area contributed by atoms with Crippen molar-refractivity contribution in [3.05, 3.63) is 57.6 Å². The number of nitrogens with one attached hydrogen (secondary N) is 1. The van der Waals surface area contributed by atoms with Gasteiger partial charge in [0.25, 0.3) is 15.9 Å². The maximum absolute atomic E-state index is 13.5. The van der Waals surface area contributed by atoms with E-state index in [1.54, 1.807) is 19.1 Å². The third-order valence-electron chi connectivity index (χ3n) is 5.01. The second kappa shape index (κ2) is 7.88. The number of aryl methyl sites for hydroxylation is 1. The maximum Gasteiger partial charge on any atom is 0.266 e. The molecule has 0 aliphatic carbocycles. The Kier molecular flexibility index (Phi) is 5.15. The molecule has 0 saturated heterocycles. The molecule has 166 valence electrons. The monoisotopic (exact) mass is 492 g/mol. The van der Waals surface area contributed by atoms with Crippen LogP contribution in [0.25, 0.3) is 10.1 Å². The first kappa shape index (κ1) is 20.9. The highest BCUT2D eigenvalue weighted by Gasteiger charge is 2.28. The lowest BCUT2D eigenvalue weighted by atomic mass is 10.1. The minimum absolute atomic E-state index is 0.114. The van der Waals surface area contributed by atoms with Gasteiger partial charge in [-0.2, -0.15) is 0 Å². The number of hydrogen-bond donors (Lipinski definition) is 1. The van der Waals surface area contributed by atoms with Gasteiger partial charge in [0, 0.05) is 21.4 Å². The minimum atomic E-state index is -4.06. The van der Waals surface area contributed by atoms with Crippen LogP contribution in [0.3, 0.4) is 0 Å². The van der Waals surface area contributed by atoms with E-state index in [9.17, 15) is 8.42 Å². The zero-order valence-electron chi connectivity index (χ0n) is 17.0. The summed E-state index contributed by atoms with van der Waals surface area (Å²) in [6.07, 6.45) is 0.373. The molecule has 3 heterocycles. The highest BCUT2D eigenvalue weighted by molar-refractivity contribution is 7.93. The number of halogens is 1. The molecule has 0 saturated carbocycles. The summed E-state index contributed by atoms with van der Waals surface area (Å²) >= 11 is 7.53. The van der Waals surface area contributed by atoms with Crippen molar-refractivity contribution in [1.82, 2.24) is 5.16 Å². The lowest BCUT2D eigenvalue weighted by Gasteiger charge is -2.09. The third kappa shape index (κ3) is 3.64. The Labute approximate surface area is 192 Å². The van der Waals surface area contributed by atoms with E-state index in [0.29, 0.717) is 39.6 Å². The van der Waals surface area contributed by atoms with Gasteiger partial charge < -0.3 is 18.7 Å². The van der Waals surface area contributed by atoms with Crippen LogP contribution in [0.5, 0.6) is 17.2 Å². The van der Waals surface area contributed by atoms with E-state index in [-0.39, 0.29) is 22.6 Å². The van der Waals surface area contributed by atoms with Gasteiger partial charge in [0.1, 0.15) is 21.4 Å². The molecule has 0 atom stereocenters. The molecule has 2 aromatic carbocycles. The number of methoxy groups -OCH3 is 1. The summed E-state index contributed by atoms with van der Waals surface area (Å²) in [6.45, 7) is 1.79. The van der Waals surface area contributed by atoms with Crippen molar-refractivity contribution in [1.29, 1.82) is 0 Å². The number of anilines is 1. The Hall–Kier alpha value is -2.95. The molecule has 5 rings (SSSR count). The van der Waals surface area contributed by atoms with Crippen LogP contribution in [0.15, 0.2) is 45.8 Å². The second-order valence-electron chi connectivity index (χ2n) is 7.10. The number of thiophene rings is 1. The summed E-state index contributed by atoms with van der Waals surface area (Å²) in [7, 11) is -2.53. The standard InChI is InChI=1S/C21H17ClN2O6S2/c1-11-19(22)21(30-23-11)24-32(25,26)20-14-9-13(27-2)4-6-17(14)31-18(20)8-12-3-5-15-16(7-12)29-10-28-15/h3-7,9,24H,8,10H2,1-2H3. The molecular weight excluding hydrogens is 476 g/mol. The fourth-order valence-corrected chi connectivity index (χ4v) is 6.59. The van der Waals surface area contributed by atoms with Crippen LogP contribution in [0.2, 0.25) is 5.02 Å². The molecule has 11 heteroatoms. The van der Waals surface area contributed by atoms with Crippen molar-refractivity contribution >= 4 is 48.9 Å². The molecule has 1 aliphatic rings. The van der Waals surface area contributed by atoms with Gasteiger partial charge in [-0.1, -0.05) is 22.8 Å². The van der Waals surface area contributed by atoms with Gasteiger partial charge in [-0.25, -0.2) is 13.1 Å². The molecular formula is C21H17ClN2O6S2. The highest BCUT2D eigenvalue weighted by atomic mass is 35.5. The van der Waals surface area contributed by atoms with Gasteiger partial charge in [-0.05, 0) is 42.8 Å². The van der Waals surface area contributed by atoms with Crippen molar-refractivity contribution in [2.24, 2.45) is 0 Å². The molecule has 32 heavy (non-hydrogen) atoms. The van der Waals surface area contributed by atoms with E-state index in [0.717, 1.165) is 10.3 Å². The van der Waals surface area contributed by atoms with Gasteiger partial charge >= 0.3 is 0 Å². The molecule has 1 N–H and O–H groups in total. The summed E-state index contributed by atoms with van der Waals surface area (Å²) in [5.41, 5.74) is 1.28. The van der Waals surface area contributed by atoms with Crippen LogP contribution >= 0.6 is 22.9 Å². The smallest absolute Gasteiger partial charge is 0.266 e. The Balaban J connectivity index is 1.62. The Morgan fingerprint density at radius 1 is 1.19 bits per heavy atom. The van der Waals surface area contributed by atoms with Crippen LogP contribution < -0.4 is 18.9 Å². The first-order valence-electron chi connectivity index (χ1n) is 9.48. The molecule has 0 radical (unpaired) electrons. The quantitative estimate of drug-likeness (QED) is 0.405. The van der Waals surface area contributed by atoms with Gasteiger partial charge in [0.2, 0.25) is 6.79 Å². The first-order valence-corrected chi connectivity index (χ1v) is 12.2. The van der Waals surface area contributed by atoms with Crippen LogP contribution in [-0.2, 0) is 16.4 Å². The molecule has 2 aromatic heterocycles. The van der Waals surface area contributed by atoms with Crippen molar-refractivity contribution in [2.75, 3.05) is 18.6 Å². The van der Waals surface area contributed by atoms with Crippen molar-refractivity contribution in [3.8, 4) is 17.2 Å². The summed E-state index contributed by atoms with van der Waals surface area (Å²) in [6, 6.07) is 10.9. The normalized spacial score (nSPS) is 13.0. The van der Waals surface area contributed by atoms with E-state index in [1.807, 2.05) is 24.3 Å². The van der Waals surface area contributed by atoms with Crippen molar-refractivity contribution in [3.63, 3.8) is 0 Å². The van der Waals surface area contributed by atoms with Gasteiger partial charge in [-0.3, -0.25) is 0 Å². The lowest BCUT2D eigenvalue weighted by Crippen LogP contribution is -2.14. The first-order chi connectivity index (χ1) is 15.4. The van der Waals surface area contributed by atoms with Crippen LogP contribution in [-0.4, -0.2) is 27.5 Å². The van der Waals surface area contributed by atoms with Gasteiger partial charge in [0.05, 0.1) is 7.11 Å². The van der Waals surface area contributed by atoms with Crippen LogP contribution in [0.4, 0.5) is 5.88 Å². The molecule has 0 amide bonds. The van der Waals surface area contributed by atoms with Gasteiger partial charge in [-0.15, -0.1) is 11.3 Å². The SMILES string of the molecule is COc1ccc2sc(Cc3ccc4c(c3)OCO4)c(S(=O)(=O)Nc3onc(C)c3Cl)c2c1. The van der Waals surface area contributed by atoms with E-state index < -0.39 is 10.0 Å². The molecule has 0 unspecified atom stereocenters. The molecule has 1 aliphatic heterocycles. The number of rotatable bonds is 6. The van der Waals surface area contributed by atoms with E-state index in [1.165, 1.54) is 18.4 Å². The highest BCUT2D eigenvalue weighted by Crippen LogP contribution is 2.41. The van der Waals surface area contributed by atoms with E-state index in [2.05, 4.69) is 9.88 Å². The lowest BCUT2D eigenvalue weighted by molar-refractivity contribution is 0.174. The summed E-state index contributed by atoms with van der Waals surface area (Å²) in [5.74, 6) is 1.73. The third-order valence-corrected chi connectivity index (χ3v) is 8.21. The number of nitrogens with zero attached hydrogens (tertiary/aromatic N) is 1. The zero-order valence-corrected chi connectivity index (χ0v) is 19.4. The van der Waals surface area contributed by atoms with Crippen molar-refractivity contribution in [2.45, 2.75) is 18.2 Å². The summed E-state index contributed by atoms with van der Waals surface area (Å²) < 4.78 is 51.5. The largest absolute Gasteiger partial charge is 0.497 e. The second-order valence-corrected chi connectivity index (χ2v) is 10.2. The number of hydrogen-bond acceptors (Lipinski definition) is 8. The van der Waals surface area contributed by atoms with Crippen molar-refractivity contribution < 1.29 is 27.2 Å². The Bertz CT molecular complexity index is 1440. The number of ether oxygens (including phenoxy) is 3. The molecule has 0 spiro atoms. The fourth-order valence-electron chi connectivity index (χ4n) is 3.47. The van der Waals surface area contributed by atoms with E-state index in [4.69, 9.17) is 30.3 Å². The molecule has 8 nitrogen and oxygen atoms in total. The predicted octanol–water partition coefficient (Wildman–Crippen LogP) is 4.98.